The number of thiophene rings is 1. The number of hydrogen-bond acceptors (Lipinski definition) is 6. The molecule has 1 aliphatic rings. The summed E-state index contributed by atoms with van der Waals surface area (Å²) in [6.07, 6.45) is 0.869. The van der Waals surface area contributed by atoms with Crippen molar-refractivity contribution in [3.05, 3.63) is 47.3 Å². The molecule has 1 amide bonds. The summed E-state index contributed by atoms with van der Waals surface area (Å²) in [4.78, 5) is 16.0. The minimum absolute atomic E-state index is 0.0617. The molecule has 2 aromatic heterocycles. The highest BCUT2D eigenvalue weighted by Gasteiger charge is 2.26. The molecular formula is C20H22N4O3S. The van der Waals surface area contributed by atoms with Crippen molar-refractivity contribution in [2.24, 2.45) is 0 Å². The molecule has 7 nitrogen and oxygen atoms in total. The fourth-order valence-corrected chi connectivity index (χ4v) is 4.02. The Morgan fingerprint density at radius 1 is 1.25 bits per heavy atom. The number of methoxy groups -OCH3 is 2. The maximum Gasteiger partial charge on any atom is 0.251 e. The van der Waals surface area contributed by atoms with Gasteiger partial charge < -0.3 is 19.7 Å². The van der Waals surface area contributed by atoms with E-state index in [1.807, 2.05) is 11.4 Å². The molecule has 1 aromatic carbocycles. The third kappa shape index (κ3) is 3.82. The molecular weight excluding hydrogens is 376 g/mol. The highest BCUT2D eigenvalue weighted by Crippen LogP contribution is 2.28. The Morgan fingerprint density at radius 3 is 2.71 bits per heavy atom. The molecule has 3 aromatic rings. The number of hydrogen-bond donors (Lipinski definition) is 2. The number of aromatic nitrogens is 2. The lowest BCUT2D eigenvalue weighted by molar-refractivity contribution is 0.0939. The van der Waals surface area contributed by atoms with Crippen LogP contribution in [0.25, 0.3) is 10.6 Å². The van der Waals surface area contributed by atoms with Gasteiger partial charge in [0.2, 0.25) is 0 Å². The van der Waals surface area contributed by atoms with Crippen molar-refractivity contribution in [3.8, 4) is 22.1 Å². The fourth-order valence-electron chi connectivity index (χ4n) is 3.32. The van der Waals surface area contributed by atoms with E-state index in [1.54, 1.807) is 43.8 Å². The van der Waals surface area contributed by atoms with Gasteiger partial charge in [-0.1, -0.05) is 6.07 Å². The molecule has 1 atom stereocenters. The molecule has 1 aliphatic heterocycles. The van der Waals surface area contributed by atoms with Gasteiger partial charge in [0.1, 0.15) is 11.5 Å². The zero-order valence-corrected chi connectivity index (χ0v) is 16.6. The predicted molar refractivity (Wildman–Crippen MR) is 110 cm³/mol. The van der Waals surface area contributed by atoms with Crippen LogP contribution in [0.2, 0.25) is 0 Å². The number of rotatable bonds is 6. The van der Waals surface area contributed by atoms with Gasteiger partial charge in [0, 0.05) is 36.8 Å². The Balaban J connectivity index is 1.40. The standard InChI is InChI=1S/C20H22N4O3S/c1-26-15-8-13(9-16(10-15)27-2)20(25)21-14-5-6-24(12-14)19-11-17(22-23-19)18-4-3-7-28-18/h3-4,7-11,14H,5-6,12H2,1-2H3,(H,21,25)(H,22,23). The van der Waals surface area contributed by atoms with E-state index in [9.17, 15) is 4.79 Å². The van der Waals surface area contributed by atoms with Crippen LogP contribution >= 0.6 is 11.3 Å². The van der Waals surface area contributed by atoms with Crippen LogP contribution < -0.4 is 19.7 Å². The SMILES string of the molecule is COc1cc(OC)cc(C(=O)NC2CCN(c3cc(-c4cccs4)[nH]n3)C2)c1. The molecule has 1 saturated heterocycles. The van der Waals surface area contributed by atoms with Gasteiger partial charge in [-0.05, 0) is 30.0 Å². The summed E-state index contributed by atoms with van der Waals surface area (Å²) in [5, 5.41) is 12.7. The zero-order valence-electron chi connectivity index (χ0n) is 15.8. The topological polar surface area (TPSA) is 79.5 Å². The summed E-state index contributed by atoms with van der Waals surface area (Å²) in [6.45, 7) is 1.57. The highest BCUT2D eigenvalue weighted by molar-refractivity contribution is 7.13. The van der Waals surface area contributed by atoms with Crippen LogP contribution in [0.5, 0.6) is 11.5 Å². The Morgan fingerprint density at radius 2 is 2.04 bits per heavy atom. The van der Waals surface area contributed by atoms with Crippen LogP contribution in [0.3, 0.4) is 0 Å². The number of nitrogens with zero attached hydrogens (tertiary/aromatic N) is 2. The number of aromatic amines is 1. The number of H-pyrrole nitrogens is 1. The van der Waals surface area contributed by atoms with Crippen molar-refractivity contribution in [2.45, 2.75) is 12.5 Å². The molecule has 0 bridgehead atoms. The van der Waals surface area contributed by atoms with Crippen LogP contribution in [0.15, 0.2) is 41.8 Å². The molecule has 28 heavy (non-hydrogen) atoms. The van der Waals surface area contributed by atoms with Crippen LogP contribution in [0.1, 0.15) is 16.8 Å². The van der Waals surface area contributed by atoms with Crippen LogP contribution in [0.4, 0.5) is 5.82 Å². The van der Waals surface area contributed by atoms with Gasteiger partial charge in [0.15, 0.2) is 5.82 Å². The average molecular weight is 398 g/mol. The second-order valence-electron chi connectivity index (χ2n) is 6.62. The second-order valence-corrected chi connectivity index (χ2v) is 7.57. The van der Waals surface area contributed by atoms with E-state index in [0.29, 0.717) is 17.1 Å². The molecule has 1 unspecified atom stereocenters. The van der Waals surface area contributed by atoms with Crippen molar-refractivity contribution in [1.29, 1.82) is 0 Å². The normalized spacial score (nSPS) is 16.2. The maximum atomic E-state index is 12.7. The van der Waals surface area contributed by atoms with E-state index in [0.717, 1.165) is 35.9 Å². The summed E-state index contributed by atoms with van der Waals surface area (Å²) in [7, 11) is 3.14. The summed E-state index contributed by atoms with van der Waals surface area (Å²) >= 11 is 1.68. The first-order valence-corrected chi connectivity index (χ1v) is 9.92. The minimum Gasteiger partial charge on any atom is -0.497 e. The summed E-state index contributed by atoms with van der Waals surface area (Å²) in [6, 6.07) is 11.4. The summed E-state index contributed by atoms with van der Waals surface area (Å²) in [5.41, 5.74) is 1.54. The Kier molecular flexibility index (Phi) is 5.21. The smallest absolute Gasteiger partial charge is 0.251 e. The molecule has 3 heterocycles. The molecule has 0 aliphatic carbocycles. The van der Waals surface area contributed by atoms with Crippen molar-refractivity contribution >= 4 is 23.1 Å². The van der Waals surface area contributed by atoms with E-state index in [1.165, 1.54) is 0 Å². The lowest BCUT2D eigenvalue weighted by atomic mass is 10.1. The first kappa shape index (κ1) is 18.4. The first-order valence-electron chi connectivity index (χ1n) is 9.04. The van der Waals surface area contributed by atoms with Gasteiger partial charge in [0.25, 0.3) is 5.91 Å². The van der Waals surface area contributed by atoms with Crippen molar-refractivity contribution in [2.75, 3.05) is 32.2 Å². The molecule has 0 saturated carbocycles. The predicted octanol–water partition coefficient (Wildman–Crippen LogP) is 3.16. The van der Waals surface area contributed by atoms with E-state index in [4.69, 9.17) is 9.47 Å². The number of ether oxygens (including phenoxy) is 2. The Bertz CT molecular complexity index is 932. The largest absolute Gasteiger partial charge is 0.497 e. The molecule has 4 rings (SSSR count). The number of nitrogens with one attached hydrogen (secondary N) is 2. The second kappa shape index (κ2) is 7.93. The molecule has 0 radical (unpaired) electrons. The van der Waals surface area contributed by atoms with Crippen LogP contribution in [-0.2, 0) is 0 Å². The van der Waals surface area contributed by atoms with E-state index >= 15 is 0 Å². The zero-order chi connectivity index (χ0) is 19.5. The van der Waals surface area contributed by atoms with Gasteiger partial charge in [-0.15, -0.1) is 11.3 Å². The molecule has 2 N–H and O–H groups in total. The monoisotopic (exact) mass is 398 g/mol. The van der Waals surface area contributed by atoms with Gasteiger partial charge in [-0.25, -0.2) is 0 Å². The Labute approximate surface area is 167 Å². The molecule has 8 heteroatoms. The minimum atomic E-state index is -0.134. The molecule has 1 fully saturated rings. The number of benzene rings is 1. The number of carbonyl (C=O) groups excluding carboxylic acids is 1. The van der Waals surface area contributed by atoms with Crippen molar-refractivity contribution in [3.63, 3.8) is 0 Å². The molecule has 146 valence electrons. The van der Waals surface area contributed by atoms with Crippen LogP contribution in [-0.4, -0.2) is 49.5 Å². The van der Waals surface area contributed by atoms with Crippen LogP contribution in [0, 0.1) is 0 Å². The number of amides is 1. The lowest BCUT2D eigenvalue weighted by Crippen LogP contribution is -2.37. The van der Waals surface area contributed by atoms with E-state index in [2.05, 4.69) is 32.5 Å². The number of anilines is 1. The average Bonchev–Trinajstić information content (AvgIpc) is 3.47. The summed E-state index contributed by atoms with van der Waals surface area (Å²) in [5.74, 6) is 1.96. The highest BCUT2D eigenvalue weighted by atomic mass is 32.1. The van der Waals surface area contributed by atoms with E-state index < -0.39 is 0 Å². The van der Waals surface area contributed by atoms with Gasteiger partial charge >= 0.3 is 0 Å². The van der Waals surface area contributed by atoms with E-state index in [-0.39, 0.29) is 11.9 Å². The van der Waals surface area contributed by atoms with Crippen molar-refractivity contribution in [1.82, 2.24) is 15.5 Å². The van der Waals surface area contributed by atoms with Gasteiger partial charge in [0.05, 0.1) is 24.8 Å². The maximum absolute atomic E-state index is 12.7. The third-order valence-electron chi connectivity index (χ3n) is 4.81. The van der Waals surface area contributed by atoms with Gasteiger partial charge in [-0.2, -0.15) is 5.10 Å². The fraction of sp³-hybridized carbons (Fsp3) is 0.300. The number of carbonyl (C=O) groups is 1. The lowest BCUT2D eigenvalue weighted by Gasteiger charge is -2.16. The van der Waals surface area contributed by atoms with Gasteiger partial charge in [-0.3, -0.25) is 9.89 Å². The summed E-state index contributed by atoms with van der Waals surface area (Å²) < 4.78 is 10.5. The third-order valence-corrected chi connectivity index (χ3v) is 5.72. The molecule has 0 spiro atoms. The quantitative estimate of drug-likeness (QED) is 0.667. The first-order chi connectivity index (χ1) is 13.7. The Hall–Kier alpha value is -3.00. The van der Waals surface area contributed by atoms with Crippen molar-refractivity contribution < 1.29 is 14.3 Å².